The van der Waals surface area contributed by atoms with Gasteiger partial charge >= 0.3 is 0 Å². The van der Waals surface area contributed by atoms with Gasteiger partial charge in [-0.2, -0.15) is 5.26 Å². The molecular formula is C9H8F2N2O. The lowest BCUT2D eigenvalue weighted by Crippen LogP contribution is -2.11. The average Bonchev–Trinajstić information content (AvgIpc) is 2.11. The molecule has 14 heavy (non-hydrogen) atoms. The molecule has 0 heterocycles. The maximum Gasteiger partial charge on any atom is 0.165 e. The first-order chi connectivity index (χ1) is 6.56. The van der Waals surface area contributed by atoms with Gasteiger partial charge in [-0.1, -0.05) is 0 Å². The Morgan fingerprint density at radius 2 is 2.07 bits per heavy atom. The van der Waals surface area contributed by atoms with E-state index in [1.807, 2.05) is 0 Å². The van der Waals surface area contributed by atoms with Gasteiger partial charge in [-0.05, 0) is 6.07 Å². The van der Waals surface area contributed by atoms with Crippen LogP contribution >= 0.6 is 0 Å². The molecule has 74 valence electrons. The van der Waals surface area contributed by atoms with Crippen LogP contribution in [0.4, 0.5) is 8.78 Å². The van der Waals surface area contributed by atoms with Crippen LogP contribution in [-0.2, 0) is 0 Å². The summed E-state index contributed by atoms with van der Waals surface area (Å²) in [6.45, 7) is 0. The zero-order chi connectivity index (χ0) is 10.7. The fourth-order valence-corrected chi connectivity index (χ4v) is 1.04. The second kappa shape index (κ2) is 4.03. The molecule has 5 heteroatoms. The van der Waals surface area contributed by atoms with E-state index in [-0.39, 0.29) is 12.0 Å². The minimum atomic E-state index is -0.949. The van der Waals surface area contributed by atoms with E-state index in [9.17, 15) is 8.78 Å². The van der Waals surface area contributed by atoms with Crippen LogP contribution in [0.3, 0.4) is 0 Å². The van der Waals surface area contributed by atoms with Crippen molar-refractivity contribution in [1.82, 2.24) is 0 Å². The summed E-state index contributed by atoms with van der Waals surface area (Å²) < 4.78 is 25.9. The molecule has 0 aromatic heterocycles. The van der Waals surface area contributed by atoms with E-state index in [4.69, 9.17) is 16.1 Å². The SMILES string of the molecule is N#CC[C@H](N)c1cc(F)c(O)cc1F. The molecule has 0 spiro atoms. The molecule has 0 fully saturated rings. The standard InChI is InChI=1S/C9H8F2N2O/c10-6-4-9(14)7(11)3-5(6)8(13)1-2-12/h3-4,8,14H,1,13H2/t8-/m0/s1. The minimum absolute atomic E-state index is 0.109. The molecule has 1 aromatic rings. The first kappa shape index (κ1) is 10.4. The molecule has 0 aliphatic rings. The van der Waals surface area contributed by atoms with E-state index >= 15 is 0 Å². The number of nitrogens with two attached hydrogens (primary N) is 1. The molecule has 1 atom stereocenters. The minimum Gasteiger partial charge on any atom is -0.505 e. The lowest BCUT2D eigenvalue weighted by Gasteiger charge is -2.09. The van der Waals surface area contributed by atoms with E-state index in [0.717, 1.165) is 6.07 Å². The van der Waals surface area contributed by atoms with Crippen LogP contribution in [0.25, 0.3) is 0 Å². The Kier molecular flexibility index (Phi) is 2.99. The molecule has 0 amide bonds. The van der Waals surface area contributed by atoms with Crippen molar-refractivity contribution in [2.75, 3.05) is 0 Å². The highest BCUT2D eigenvalue weighted by Gasteiger charge is 2.14. The quantitative estimate of drug-likeness (QED) is 0.757. The Balaban J connectivity index is 3.10. The van der Waals surface area contributed by atoms with Gasteiger partial charge in [0.15, 0.2) is 11.6 Å². The summed E-state index contributed by atoms with van der Waals surface area (Å²) in [5, 5.41) is 17.1. The van der Waals surface area contributed by atoms with Gasteiger partial charge in [0, 0.05) is 17.7 Å². The van der Waals surface area contributed by atoms with Gasteiger partial charge in [-0.25, -0.2) is 8.78 Å². The van der Waals surface area contributed by atoms with Crippen molar-refractivity contribution in [2.24, 2.45) is 5.73 Å². The maximum atomic E-state index is 13.1. The molecular weight excluding hydrogens is 190 g/mol. The lowest BCUT2D eigenvalue weighted by atomic mass is 10.0. The Labute approximate surface area is 79.4 Å². The van der Waals surface area contributed by atoms with Crippen molar-refractivity contribution >= 4 is 0 Å². The summed E-state index contributed by atoms with van der Waals surface area (Å²) >= 11 is 0. The predicted octanol–water partition coefficient (Wildman–Crippen LogP) is 1.58. The Hall–Kier alpha value is -1.67. The van der Waals surface area contributed by atoms with Crippen LogP contribution in [0.5, 0.6) is 5.75 Å². The summed E-state index contributed by atoms with van der Waals surface area (Å²) in [4.78, 5) is 0. The van der Waals surface area contributed by atoms with E-state index in [0.29, 0.717) is 6.07 Å². The molecule has 1 aromatic carbocycles. The molecule has 0 bridgehead atoms. The molecule has 0 aliphatic heterocycles. The van der Waals surface area contributed by atoms with Crippen molar-refractivity contribution in [3.8, 4) is 11.8 Å². The first-order valence-corrected chi connectivity index (χ1v) is 3.86. The summed E-state index contributed by atoms with van der Waals surface area (Å²) in [5.41, 5.74) is 5.31. The number of rotatable bonds is 2. The third-order valence-corrected chi connectivity index (χ3v) is 1.78. The number of phenolic OH excluding ortho intramolecular Hbond substituents is 1. The number of halogens is 2. The van der Waals surface area contributed by atoms with Crippen LogP contribution in [0.15, 0.2) is 12.1 Å². The molecule has 0 aliphatic carbocycles. The van der Waals surface area contributed by atoms with Gasteiger partial charge in [0.2, 0.25) is 0 Å². The van der Waals surface area contributed by atoms with Crippen molar-refractivity contribution in [1.29, 1.82) is 5.26 Å². The third-order valence-electron chi connectivity index (χ3n) is 1.78. The van der Waals surface area contributed by atoms with Crippen molar-refractivity contribution in [3.63, 3.8) is 0 Å². The highest BCUT2D eigenvalue weighted by molar-refractivity contribution is 5.31. The van der Waals surface area contributed by atoms with Crippen molar-refractivity contribution in [3.05, 3.63) is 29.3 Å². The largest absolute Gasteiger partial charge is 0.505 e. The van der Waals surface area contributed by atoms with Crippen LogP contribution in [0.1, 0.15) is 18.0 Å². The molecule has 0 saturated carbocycles. The van der Waals surface area contributed by atoms with Gasteiger partial charge in [0.25, 0.3) is 0 Å². The Morgan fingerprint density at radius 1 is 1.43 bits per heavy atom. The van der Waals surface area contributed by atoms with Crippen LogP contribution in [0.2, 0.25) is 0 Å². The van der Waals surface area contributed by atoms with Crippen LogP contribution < -0.4 is 5.73 Å². The molecule has 0 saturated heterocycles. The Bertz CT molecular complexity index is 387. The average molecular weight is 198 g/mol. The zero-order valence-electron chi connectivity index (χ0n) is 7.17. The molecule has 1 rings (SSSR count). The molecule has 0 unspecified atom stereocenters. The van der Waals surface area contributed by atoms with Gasteiger partial charge in [-0.3, -0.25) is 0 Å². The molecule has 3 nitrogen and oxygen atoms in total. The van der Waals surface area contributed by atoms with E-state index in [1.54, 1.807) is 6.07 Å². The number of phenols is 1. The normalized spacial score (nSPS) is 12.1. The van der Waals surface area contributed by atoms with E-state index in [2.05, 4.69) is 0 Å². The first-order valence-electron chi connectivity index (χ1n) is 3.86. The number of nitrogens with zero attached hydrogens (tertiary/aromatic N) is 1. The molecule has 3 N–H and O–H groups in total. The van der Waals surface area contributed by atoms with E-state index < -0.39 is 23.4 Å². The molecule has 0 radical (unpaired) electrons. The number of hydrogen-bond acceptors (Lipinski definition) is 3. The van der Waals surface area contributed by atoms with E-state index in [1.165, 1.54) is 0 Å². The number of aromatic hydroxyl groups is 1. The number of benzene rings is 1. The van der Waals surface area contributed by atoms with Gasteiger partial charge < -0.3 is 10.8 Å². The second-order valence-electron chi connectivity index (χ2n) is 2.79. The maximum absolute atomic E-state index is 13.1. The van der Waals surface area contributed by atoms with Crippen molar-refractivity contribution in [2.45, 2.75) is 12.5 Å². The van der Waals surface area contributed by atoms with Gasteiger partial charge in [0.1, 0.15) is 5.82 Å². The third kappa shape index (κ3) is 1.98. The summed E-state index contributed by atoms with van der Waals surface area (Å²) in [7, 11) is 0. The smallest absolute Gasteiger partial charge is 0.165 e. The Morgan fingerprint density at radius 3 is 2.64 bits per heavy atom. The topological polar surface area (TPSA) is 70.0 Å². The monoisotopic (exact) mass is 198 g/mol. The summed E-state index contributed by atoms with van der Waals surface area (Å²) in [6.07, 6.45) is -0.110. The van der Waals surface area contributed by atoms with Crippen molar-refractivity contribution < 1.29 is 13.9 Å². The lowest BCUT2D eigenvalue weighted by molar-refractivity contribution is 0.423. The summed E-state index contributed by atoms with van der Waals surface area (Å²) in [6, 6.07) is 2.31. The van der Waals surface area contributed by atoms with Gasteiger partial charge in [0.05, 0.1) is 12.5 Å². The number of nitriles is 1. The van der Waals surface area contributed by atoms with Crippen LogP contribution in [0, 0.1) is 23.0 Å². The fourth-order valence-electron chi connectivity index (χ4n) is 1.04. The highest BCUT2D eigenvalue weighted by Crippen LogP contribution is 2.24. The van der Waals surface area contributed by atoms with Crippen LogP contribution in [-0.4, -0.2) is 5.11 Å². The van der Waals surface area contributed by atoms with Gasteiger partial charge in [-0.15, -0.1) is 0 Å². The zero-order valence-corrected chi connectivity index (χ0v) is 7.17. The second-order valence-corrected chi connectivity index (χ2v) is 2.79. The fraction of sp³-hybridized carbons (Fsp3) is 0.222. The predicted molar refractivity (Wildman–Crippen MR) is 45.2 cm³/mol. The summed E-state index contributed by atoms with van der Waals surface area (Å²) in [5.74, 6) is -2.53. The highest BCUT2D eigenvalue weighted by atomic mass is 19.1. The number of hydrogen-bond donors (Lipinski definition) is 2.